The summed E-state index contributed by atoms with van der Waals surface area (Å²) >= 11 is 0. The molecule has 0 aliphatic heterocycles. The highest BCUT2D eigenvalue weighted by atomic mass is 16.1. The monoisotopic (exact) mass is 167 g/mol. The van der Waals surface area contributed by atoms with Crippen LogP contribution in [0.5, 0.6) is 0 Å². The minimum absolute atomic E-state index is 0.00972. The number of aryl methyl sites for hydroxylation is 1. The zero-order valence-corrected chi connectivity index (χ0v) is 7.32. The highest BCUT2D eigenvalue weighted by Gasteiger charge is 2.00. The van der Waals surface area contributed by atoms with Gasteiger partial charge in [-0.1, -0.05) is 0 Å². The molecule has 66 valence electrons. The molecule has 1 aromatic rings. The molecule has 0 unspecified atom stereocenters. The van der Waals surface area contributed by atoms with Crippen molar-refractivity contribution >= 4 is 0 Å². The predicted octanol–water partition coefficient (Wildman–Crippen LogP) is -0.101. The van der Waals surface area contributed by atoms with E-state index in [2.05, 4.69) is 4.98 Å². The number of nitrogens with zero attached hydrogens (tertiary/aromatic N) is 2. The van der Waals surface area contributed by atoms with E-state index in [1.54, 1.807) is 23.9 Å². The van der Waals surface area contributed by atoms with E-state index in [1.165, 1.54) is 0 Å². The summed E-state index contributed by atoms with van der Waals surface area (Å²) in [6, 6.07) is -0.00972. The Morgan fingerprint density at radius 2 is 2.42 bits per heavy atom. The van der Waals surface area contributed by atoms with Gasteiger partial charge < -0.3 is 10.3 Å². The van der Waals surface area contributed by atoms with Crippen molar-refractivity contribution in [1.29, 1.82) is 0 Å². The first-order chi connectivity index (χ1) is 5.61. The summed E-state index contributed by atoms with van der Waals surface area (Å²) < 4.78 is 1.58. The summed E-state index contributed by atoms with van der Waals surface area (Å²) in [6.45, 7) is 4.10. The van der Waals surface area contributed by atoms with Crippen molar-refractivity contribution in [2.75, 3.05) is 0 Å². The minimum Gasteiger partial charge on any atom is -0.326 e. The molecule has 2 N–H and O–H groups in total. The summed E-state index contributed by atoms with van der Waals surface area (Å²) in [4.78, 5) is 15.2. The van der Waals surface area contributed by atoms with E-state index in [4.69, 9.17) is 5.73 Å². The van der Waals surface area contributed by atoms with Crippen LogP contribution in [0.25, 0.3) is 0 Å². The van der Waals surface area contributed by atoms with Crippen LogP contribution in [0.2, 0.25) is 0 Å². The SMILES string of the molecule is Cc1nccn(C[C@H](C)N)c1=O. The van der Waals surface area contributed by atoms with Crippen LogP contribution < -0.4 is 11.3 Å². The number of hydrogen-bond acceptors (Lipinski definition) is 3. The Balaban J connectivity index is 3.01. The van der Waals surface area contributed by atoms with Crippen molar-refractivity contribution in [3.63, 3.8) is 0 Å². The van der Waals surface area contributed by atoms with E-state index in [9.17, 15) is 4.79 Å². The van der Waals surface area contributed by atoms with Crippen LogP contribution in [-0.2, 0) is 6.54 Å². The standard InChI is InChI=1S/C8H13N3O/c1-6(9)5-11-4-3-10-7(2)8(11)12/h3-4,6H,5,9H2,1-2H3/t6-/m0/s1. The van der Waals surface area contributed by atoms with Gasteiger partial charge in [-0.05, 0) is 13.8 Å². The van der Waals surface area contributed by atoms with Crippen LogP contribution in [0.1, 0.15) is 12.6 Å². The zero-order valence-electron chi connectivity index (χ0n) is 7.32. The summed E-state index contributed by atoms with van der Waals surface area (Å²) in [6.07, 6.45) is 3.26. The fourth-order valence-corrected chi connectivity index (χ4v) is 1.01. The maximum absolute atomic E-state index is 11.3. The first kappa shape index (κ1) is 8.93. The Morgan fingerprint density at radius 3 is 3.00 bits per heavy atom. The molecule has 12 heavy (non-hydrogen) atoms. The Kier molecular flexibility index (Phi) is 2.60. The average Bonchev–Trinajstić information content (AvgIpc) is 1.98. The maximum atomic E-state index is 11.3. The first-order valence-electron chi connectivity index (χ1n) is 3.89. The largest absolute Gasteiger partial charge is 0.326 e. The minimum atomic E-state index is -0.0604. The number of hydrogen-bond donors (Lipinski definition) is 1. The Morgan fingerprint density at radius 1 is 1.75 bits per heavy atom. The molecular formula is C8H13N3O. The Bertz CT molecular complexity index is 316. The molecule has 0 bridgehead atoms. The summed E-state index contributed by atoms with van der Waals surface area (Å²) in [5, 5.41) is 0. The maximum Gasteiger partial charge on any atom is 0.271 e. The lowest BCUT2D eigenvalue weighted by Crippen LogP contribution is -2.30. The van der Waals surface area contributed by atoms with Crippen molar-refractivity contribution in [3.8, 4) is 0 Å². The van der Waals surface area contributed by atoms with Crippen LogP contribution in [0.15, 0.2) is 17.2 Å². The first-order valence-corrected chi connectivity index (χ1v) is 3.89. The third-order valence-corrected chi connectivity index (χ3v) is 1.57. The normalized spacial score (nSPS) is 12.9. The Labute approximate surface area is 71.0 Å². The molecule has 0 radical (unpaired) electrons. The quantitative estimate of drug-likeness (QED) is 0.669. The number of rotatable bonds is 2. The van der Waals surface area contributed by atoms with Gasteiger partial charge in [0.05, 0.1) is 0 Å². The number of aromatic nitrogens is 2. The lowest BCUT2D eigenvalue weighted by atomic mass is 10.3. The van der Waals surface area contributed by atoms with Gasteiger partial charge in [0, 0.05) is 25.0 Å². The topological polar surface area (TPSA) is 60.9 Å². The predicted molar refractivity (Wildman–Crippen MR) is 46.9 cm³/mol. The van der Waals surface area contributed by atoms with Crippen LogP contribution in [-0.4, -0.2) is 15.6 Å². The van der Waals surface area contributed by atoms with Crippen molar-refractivity contribution in [1.82, 2.24) is 9.55 Å². The summed E-state index contributed by atoms with van der Waals surface area (Å²) in [5.41, 5.74) is 6.02. The molecule has 0 saturated heterocycles. The molecule has 1 rings (SSSR count). The fraction of sp³-hybridized carbons (Fsp3) is 0.500. The van der Waals surface area contributed by atoms with Crippen molar-refractivity contribution < 1.29 is 0 Å². The molecule has 0 fully saturated rings. The van der Waals surface area contributed by atoms with Crippen molar-refractivity contribution in [2.45, 2.75) is 26.4 Å². The van der Waals surface area contributed by atoms with Gasteiger partial charge in [-0.15, -0.1) is 0 Å². The highest BCUT2D eigenvalue weighted by molar-refractivity contribution is 4.94. The fourth-order valence-electron chi connectivity index (χ4n) is 1.01. The molecular weight excluding hydrogens is 154 g/mol. The molecule has 1 atom stereocenters. The second-order valence-corrected chi connectivity index (χ2v) is 2.95. The smallest absolute Gasteiger partial charge is 0.271 e. The van der Waals surface area contributed by atoms with Crippen molar-refractivity contribution in [2.24, 2.45) is 5.73 Å². The molecule has 1 aromatic heterocycles. The van der Waals surface area contributed by atoms with Gasteiger partial charge in [-0.3, -0.25) is 9.78 Å². The van der Waals surface area contributed by atoms with Crippen LogP contribution in [0.3, 0.4) is 0 Å². The molecule has 0 aliphatic carbocycles. The molecule has 4 nitrogen and oxygen atoms in total. The molecule has 4 heteroatoms. The molecule has 0 aromatic carbocycles. The van der Waals surface area contributed by atoms with Crippen LogP contribution >= 0.6 is 0 Å². The molecule has 1 heterocycles. The van der Waals surface area contributed by atoms with E-state index >= 15 is 0 Å². The molecule has 0 amide bonds. The molecule has 0 aliphatic rings. The lowest BCUT2D eigenvalue weighted by molar-refractivity contribution is 0.568. The lowest BCUT2D eigenvalue weighted by Gasteiger charge is -2.07. The van der Waals surface area contributed by atoms with E-state index in [1.807, 2.05) is 6.92 Å². The van der Waals surface area contributed by atoms with Gasteiger partial charge in [0.1, 0.15) is 5.69 Å². The third kappa shape index (κ3) is 1.92. The van der Waals surface area contributed by atoms with Gasteiger partial charge in [0.2, 0.25) is 0 Å². The summed E-state index contributed by atoms with van der Waals surface area (Å²) in [7, 11) is 0. The van der Waals surface area contributed by atoms with Crippen molar-refractivity contribution in [3.05, 3.63) is 28.4 Å². The van der Waals surface area contributed by atoms with Gasteiger partial charge in [-0.2, -0.15) is 0 Å². The zero-order chi connectivity index (χ0) is 9.14. The van der Waals surface area contributed by atoms with Crippen LogP contribution in [0, 0.1) is 6.92 Å². The van der Waals surface area contributed by atoms with E-state index < -0.39 is 0 Å². The van der Waals surface area contributed by atoms with Gasteiger partial charge in [0.25, 0.3) is 5.56 Å². The Hall–Kier alpha value is -1.16. The highest BCUT2D eigenvalue weighted by Crippen LogP contribution is 1.86. The van der Waals surface area contributed by atoms with E-state index in [-0.39, 0.29) is 11.6 Å². The second kappa shape index (κ2) is 3.49. The van der Waals surface area contributed by atoms with Crippen LogP contribution in [0.4, 0.5) is 0 Å². The second-order valence-electron chi connectivity index (χ2n) is 2.95. The van der Waals surface area contributed by atoms with Gasteiger partial charge >= 0.3 is 0 Å². The molecule has 0 spiro atoms. The van der Waals surface area contributed by atoms with E-state index in [0.29, 0.717) is 12.2 Å². The van der Waals surface area contributed by atoms with E-state index in [0.717, 1.165) is 0 Å². The van der Waals surface area contributed by atoms with Gasteiger partial charge in [0.15, 0.2) is 0 Å². The molecule has 0 saturated carbocycles. The van der Waals surface area contributed by atoms with Gasteiger partial charge in [-0.25, -0.2) is 0 Å². The summed E-state index contributed by atoms with van der Waals surface area (Å²) in [5.74, 6) is 0. The third-order valence-electron chi connectivity index (χ3n) is 1.57. The average molecular weight is 167 g/mol. The number of nitrogens with two attached hydrogens (primary N) is 1.